The summed E-state index contributed by atoms with van der Waals surface area (Å²) in [6.07, 6.45) is -4.12. The average molecular weight is 489 g/mol. The lowest BCUT2D eigenvalue weighted by Gasteiger charge is -2.13. The molecular formula is C26H23F4NO4. The Bertz CT molecular complexity index is 1250. The zero-order valence-electron chi connectivity index (χ0n) is 19.0. The van der Waals surface area contributed by atoms with Crippen LogP contribution >= 0.6 is 0 Å². The zero-order valence-corrected chi connectivity index (χ0v) is 19.0. The van der Waals surface area contributed by atoms with Gasteiger partial charge < -0.3 is 15.2 Å². The molecule has 0 aliphatic carbocycles. The van der Waals surface area contributed by atoms with Crippen molar-refractivity contribution in [2.45, 2.75) is 39.4 Å². The lowest BCUT2D eigenvalue weighted by molar-refractivity contribution is -0.138. The first-order valence-electron chi connectivity index (χ1n) is 10.7. The Hall–Kier alpha value is -3.88. The average Bonchev–Trinajstić information content (AvgIpc) is 2.75. The molecule has 9 heteroatoms. The molecule has 2 N–H and O–H groups in total. The van der Waals surface area contributed by atoms with E-state index in [-0.39, 0.29) is 29.8 Å². The molecular weight excluding hydrogens is 466 g/mol. The van der Waals surface area contributed by atoms with Gasteiger partial charge in [-0.05, 0) is 85.0 Å². The molecule has 0 aliphatic heterocycles. The van der Waals surface area contributed by atoms with Crippen molar-refractivity contribution in [1.29, 1.82) is 0 Å². The number of amides is 1. The van der Waals surface area contributed by atoms with E-state index in [1.54, 1.807) is 18.2 Å². The molecule has 0 radical (unpaired) electrons. The van der Waals surface area contributed by atoms with E-state index >= 15 is 0 Å². The first-order valence-corrected chi connectivity index (χ1v) is 10.7. The van der Waals surface area contributed by atoms with Gasteiger partial charge in [-0.2, -0.15) is 13.2 Å². The minimum Gasteiger partial charge on any atom is -0.481 e. The van der Waals surface area contributed by atoms with E-state index in [2.05, 4.69) is 5.32 Å². The minimum absolute atomic E-state index is 0.00597. The number of carbonyl (C=O) groups is 2. The Morgan fingerprint density at radius 3 is 2.31 bits per heavy atom. The molecule has 3 rings (SSSR count). The van der Waals surface area contributed by atoms with Crippen LogP contribution in [-0.2, 0) is 23.9 Å². The van der Waals surface area contributed by atoms with E-state index in [1.165, 1.54) is 25.1 Å². The Balaban J connectivity index is 1.68. The Labute approximate surface area is 199 Å². The van der Waals surface area contributed by atoms with Crippen molar-refractivity contribution in [3.8, 4) is 11.5 Å². The van der Waals surface area contributed by atoms with Crippen molar-refractivity contribution in [3.05, 3.63) is 93.8 Å². The first kappa shape index (κ1) is 25.7. The van der Waals surface area contributed by atoms with Gasteiger partial charge in [-0.25, -0.2) is 4.39 Å². The van der Waals surface area contributed by atoms with Crippen molar-refractivity contribution >= 4 is 11.9 Å². The van der Waals surface area contributed by atoms with Crippen molar-refractivity contribution in [3.63, 3.8) is 0 Å². The summed E-state index contributed by atoms with van der Waals surface area (Å²) in [4.78, 5) is 23.2. The van der Waals surface area contributed by atoms with Gasteiger partial charge in [0.05, 0.1) is 5.56 Å². The van der Waals surface area contributed by atoms with E-state index in [4.69, 9.17) is 9.84 Å². The second-order valence-corrected chi connectivity index (χ2v) is 8.09. The summed E-state index contributed by atoms with van der Waals surface area (Å²) in [5, 5.41) is 11.4. The fraction of sp³-hybridized carbons (Fsp3) is 0.231. The molecule has 0 saturated heterocycles. The van der Waals surface area contributed by atoms with Crippen LogP contribution in [0.3, 0.4) is 0 Å². The highest BCUT2D eigenvalue weighted by molar-refractivity contribution is 5.95. The lowest BCUT2D eigenvalue weighted by atomic mass is 10.0. The Morgan fingerprint density at radius 1 is 0.943 bits per heavy atom. The summed E-state index contributed by atoms with van der Waals surface area (Å²) in [5.41, 5.74) is 1.50. The van der Waals surface area contributed by atoms with Crippen LogP contribution in [0.1, 0.15) is 44.6 Å². The van der Waals surface area contributed by atoms with Crippen LogP contribution in [-0.4, -0.2) is 17.0 Å². The maximum atomic E-state index is 14.2. The van der Waals surface area contributed by atoms with Crippen LogP contribution in [0.15, 0.2) is 54.6 Å². The quantitative estimate of drug-likeness (QED) is 0.370. The fourth-order valence-corrected chi connectivity index (χ4v) is 3.54. The molecule has 3 aromatic rings. The smallest absolute Gasteiger partial charge is 0.416 e. The Morgan fingerprint density at radius 2 is 1.69 bits per heavy atom. The Kier molecular flexibility index (Phi) is 7.78. The number of benzene rings is 3. The molecule has 0 aromatic heterocycles. The third kappa shape index (κ3) is 7.05. The summed E-state index contributed by atoms with van der Waals surface area (Å²) < 4.78 is 58.4. The number of hydrogen-bond acceptors (Lipinski definition) is 3. The number of rotatable bonds is 8. The van der Waals surface area contributed by atoms with Gasteiger partial charge in [0.1, 0.15) is 17.3 Å². The first-order chi connectivity index (χ1) is 16.4. The lowest BCUT2D eigenvalue weighted by Crippen LogP contribution is -2.24. The van der Waals surface area contributed by atoms with Crippen LogP contribution in [0.5, 0.6) is 11.5 Å². The van der Waals surface area contributed by atoms with Crippen LogP contribution < -0.4 is 10.1 Å². The molecule has 0 fully saturated rings. The number of carboxylic acids is 1. The highest BCUT2D eigenvalue weighted by Gasteiger charge is 2.31. The molecule has 0 unspecified atom stereocenters. The van der Waals surface area contributed by atoms with Crippen molar-refractivity contribution in [2.75, 3.05) is 0 Å². The third-order valence-corrected chi connectivity index (χ3v) is 5.34. The number of ether oxygens (including phenoxy) is 1. The molecule has 0 bridgehead atoms. The maximum Gasteiger partial charge on any atom is 0.416 e. The maximum absolute atomic E-state index is 14.2. The second kappa shape index (κ2) is 10.6. The number of aliphatic carboxylic acids is 1. The number of hydrogen-bond donors (Lipinski definition) is 2. The number of halogens is 4. The van der Waals surface area contributed by atoms with Crippen molar-refractivity contribution in [2.24, 2.45) is 0 Å². The monoisotopic (exact) mass is 489 g/mol. The number of carboxylic acid groups (broad SMARTS) is 1. The van der Waals surface area contributed by atoms with E-state index in [0.29, 0.717) is 17.7 Å². The highest BCUT2D eigenvalue weighted by atomic mass is 19.4. The van der Waals surface area contributed by atoms with E-state index in [9.17, 15) is 27.2 Å². The molecule has 0 spiro atoms. The molecule has 0 atom stereocenters. The van der Waals surface area contributed by atoms with Gasteiger partial charge in [-0.3, -0.25) is 9.59 Å². The molecule has 0 heterocycles. The molecule has 3 aromatic carbocycles. The summed E-state index contributed by atoms with van der Waals surface area (Å²) >= 11 is 0. The van der Waals surface area contributed by atoms with Crippen LogP contribution in [0.25, 0.3) is 0 Å². The second-order valence-electron chi connectivity index (χ2n) is 8.09. The highest BCUT2D eigenvalue weighted by Crippen LogP contribution is 2.30. The molecule has 0 saturated carbocycles. The topological polar surface area (TPSA) is 75.6 Å². The number of aryl methyl sites for hydroxylation is 3. The molecule has 0 aliphatic rings. The minimum atomic E-state index is -4.50. The van der Waals surface area contributed by atoms with Gasteiger partial charge in [-0.15, -0.1) is 0 Å². The molecule has 35 heavy (non-hydrogen) atoms. The molecule has 5 nitrogen and oxygen atoms in total. The largest absolute Gasteiger partial charge is 0.481 e. The summed E-state index contributed by atoms with van der Waals surface area (Å²) in [6.45, 7) is 3.16. The van der Waals surface area contributed by atoms with Gasteiger partial charge in [0.25, 0.3) is 5.91 Å². The summed E-state index contributed by atoms with van der Waals surface area (Å²) in [6, 6.07) is 11.9. The zero-order chi connectivity index (χ0) is 25.8. The predicted octanol–water partition coefficient (Wildman–Crippen LogP) is 6.20. The van der Waals surface area contributed by atoms with Gasteiger partial charge in [-0.1, -0.05) is 6.07 Å². The number of nitrogens with one attached hydrogen (secondary N) is 1. The normalized spacial score (nSPS) is 11.3. The number of carbonyl (C=O) groups excluding carboxylic acids is 1. The van der Waals surface area contributed by atoms with Gasteiger partial charge in [0, 0.05) is 24.6 Å². The van der Waals surface area contributed by atoms with Crippen molar-refractivity contribution < 1.29 is 37.0 Å². The van der Waals surface area contributed by atoms with E-state index < -0.39 is 29.4 Å². The van der Waals surface area contributed by atoms with Crippen LogP contribution in [0.2, 0.25) is 0 Å². The van der Waals surface area contributed by atoms with Gasteiger partial charge in [0.15, 0.2) is 0 Å². The van der Waals surface area contributed by atoms with Crippen LogP contribution in [0.4, 0.5) is 17.6 Å². The SMILES string of the molecule is Cc1cc(Oc2cc(F)cc(CNC(=O)c3ccc(C(F)(F)F)cc3C)c2)ccc1CCC(=O)O. The van der Waals surface area contributed by atoms with Crippen molar-refractivity contribution in [1.82, 2.24) is 5.32 Å². The standard InChI is InChI=1S/C26H23F4NO4/c1-15-10-21(6-3-18(15)4-8-24(32)33)35-22-12-17(11-20(27)13-22)14-31-25(34)23-7-5-19(9-16(23)2)26(28,29)30/h3,5-7,9-13H,4,8,14H2,1-2H3,(H,31,34)(H,32,33). The fourth-order valence-electron chi connectivity index (χ4n) is 3.54. The summed E-state index contributed by atoms with van der Waals surface area (Å²) in [7, 11) is 0. The van der Waals surface area contributed by atoms with E-state index in [1.807, 2.05) is 6.92 Å². The summed E-state index contributed by atoms with van der Waals surface area (Å²) in [5.74, 6) is -1.44. The molecule has 1 amide bonds. The number of alkyl halides is 3. The van der Waals surface area contributed by atoms with Gasteiger partial charge in [0.2, 0.25) is 0 Å². The van der Waals surface area contributed by atoms with Crippen LogP contribution in [0, 0.1) is 19.7 Å². The molecule has 184 valence electrons. The van der Waals surface area contributed by atoms with Gasteiger partial charge >= 0.3 is 12.1 Å². The van der Waals surface area contributed by atoms with E-state index in [0.717, 1.165) is 29.3 Å². The third-order valence-electron chi connectivity index (χ3n) is 5.34. The predicted molar refractivity (Wildman–Crippen MR) is 121 cm³/mol.